The number of piperazine rings is 1. The van der Waals surface area contributed by atoms with Gasteiger partial charge in [0, 0.05) is 38.1 Å². The van der Waals surface area contributed by atoms with Crippen molar-refractivity contribution in [2.24, 2.45) is 0 Å². The lowest BCUT2D eigenvalue weighted by atomic mass is 10.1. The van der Waals surface area contributed by atoms with Gasteiger partial charge in [0.1, 0.15) is 0 Å². The van der Waals surface area contributed by atoms with Crippen LogP contribution in [0.3, 0.4) is 0 Å². The lowest BCUT2D eigenvalue weighted by Crippen LogP contribution is -2.42. The topological polar surface area (TPSA) is 37.0 Å². The zero-order chi connectivity index (χ0) is 8.23. The third-order valence-electron chi connectivity index (χ3n) is 2.13. The van der Waals surface area contributed by atoms with Crippen LogP contribution < -0.4 is 10.6 Å². The predicted molar refractivity (Wildman–Crippen MR) is 55.1 cm³/mol. The average Bonchev–Trinajstić information content (AvgIpc) is 2.21. The molecule has 0 saturated carbocycles. The molecule has 3 nitrogen and oxygen atoms in total. The molecule has 0 spiro atoms. The minimum absolute atomic E-state index is 0. The van der Waals surface area contributed by atoms with Crippen LogP contribution in [0.4, 0.5) is 0 Å². The molecule has 1 aliphatic heterocycles. The van der Waals surface area contributed by atoms with E-state index in [0.717, 1.165) is 19.6 Å². The molecule has 2 heterocycles. The number of nitrogens with zero attached hydrogens (tertiary/aromatic N) is 1. The molecule has 72 valence electrons. The summed E-state index contributed by atoms with van der Waals surface area (Å²) in [6.07, 6.45) is 3.73. The highest BCUT2D eigenvalue weighted by Crippen LogP contribution is 2.10. The fourth-order valence-electron chi connectivity index (χ4n) is 1.47. The number of rotatable bonds is 1. The zero-order valence-electron chi connectivity index (χ0n) is 7.36. The summed E-state index contributed by atoms with van der Waals surface area (Å²) in [5, 5.41) is 6.78. The Kier molecular flexibility index (Phi) is 4.15. The van der Waals surface area contributed by atoms with Gasteiger partial charge in [-0.1, -0.05) is 6.07 Å². The summed E-state index contributed by atoms with van der Waals surface area (Å²) in [4.78, 5) is 4.09. The van der Waals surface area contributed by atoms with E-state index in [-0.39, 0.29) is 12.4 Å². The zero-order valence-corrected chi connectivity index (χ0v) is 8.18. The smallest absolute Gasteiger partial charge is 0.0462 e. The van der Waals surface area contributed by atoms with Gasteiger partial charge in [0.25, 0.3) is 0 Å². The van der Waals surface area contributed by atoms with E-state index in [2.05, 4.69) is 21.7 Å². The van der Waals surface area contributed by atoms with E-state index in [4.69, 9.17) is 0 Å². The third kappa shape index (κ3) is 2.66. The van der Waals surface area contributed by atoms with E-state index < -0.39 is 0 Å². The van der Waals surface area contributed by atoms with Gasteiger partial charge in [0.2, 0.25) is 0 Å². The van der Waals surface area contributed by atoms with Crippen molar-refractivity contribution in [1.29, 1.82) is 0 Å². The van der Waals surface area contributed by atoms with Crippen LogP contribution in [0, 0.1) is 0 Å². The van der Waals surface area contributed by atoms with Gasteiger partial charge in [-0.15, -0.1) is 12.4 Å². The molecule has 4 heteroatoms. The number of halogens is 1. The molecule has 1 saturated heterocycles. The maximum atomic E-state index is 4.09. The van der Waals surface area contributed by atoms with E-state index in [1.165, 1.54) is 5.56 Å². The van der Waals surface area contributed by atoms with Crippen LogP contribution in [0.1, 0.15) is 11.6 Å². The normalized spacial score (nSPS) is 22.0. The molecule has 0 amide bonds. The number of nitrogens with one attached hydrogen (secondary N) is 2. The molecule has 2 rings (SSSR count). The third-order valence-corrected chi connectivity index (χ3v) is 2.13. The molecule has 1 aromatic rings. The average molecular weight is 200 g/mol. The molecule has 0 unspecified atom stereocenters. The second-order valence-corrected chi connectivity index (χ2v) is 3.00. The summed E-state index contributed by atoms with van der Waals surface area (Å²) in [5.41, 5.74) is 1.27. The summed E-state index contributed by atoms with van der Waals surface area (Å²) < 4.78 is 0. The van der Waals surface area contributed by atoms with Crippen molar-refractivity contribution in [3.05, 3.63) is 30.1 Å². The molecule has 1 fully saturated rings. The van der Waals surface area contributed by atoms with Crippen LogP contribution in [0.25, 0.3) is 0 Å². The van der Waals surface area contributed by atoms with Gasteiger partial charge in [-0.2, -0.15) is 0 Å². The number of hydrogen-bond acceptors (Lipinski definition) is 3. The van der Waals surface area contributed by atoms with Gasteiger partial charge in [0.05, 0.1) is 0 Å². The standard InChI is InChI=1S/C9H13N3.ClH/c1-2-8(6-10-3-1)9-7-11-4-5-12-9;/h1-3,6,9,11-12H,4-5,7H2;1H/t9-;/m0./s1. The van der Waals surface area contributed by atoms with Gasteiger partial charge in [-0.3, -0.25) is 4.98 Å². The van der Waals surface area contributed by atoms with E-state index >= 15 is 0 Å². The summed E-state index contributed by atoms with van der Waals surface area (Å²) in [6.45, 7) is 3.11. The van der Waals surface area contributed by atoms with Crippen LogP contribution in [-0.2, 0) is 0 Å². The number of pyridine rings is 1. The number of aromatic nitrogens is 1. The van der Waals surface area contributed by atoms with Crippen LogP contribution in [0.15, 0.2) is 24.5 Å². The Morgan fingerprint density at radius 1 is 1.38 bits per heavy atom. The maximum Gasteiger partial charge on any atom is 0.0462 e. The van der Waals surface area contributed by atoms with Gasteiger partial charge in [-0.25, -0.2) is 0 Å². The Bertz CT molecular complexity index is 234. The quantitative estimate of drug-likeness (QED) is 0.701. The van der Waals surface area contributed by atoms with E-state index in [9.17, 15) is 0 Å². The van der Waals surface area contributed by atoms with Gasteiger partial charge in [-0.05, 0) is 11.6 Å². The highest BCUT2D eigenvalue weighted by Gasteiger charge is 2.13. The van der Waals surface area contributed by atoms with Crippen molar-refractivity contribution < 1.29 is 0 Å². The molecule has 0 radical (unpaired) electrons. The molecule has 0 bridgehead atoms. The van der Waals surface area contributed by atoms with Gasteiger partial charge < -0.3 is 10.6 Å². The molecular formula is C9H14ClN3. The second-order valence-electron chi connectivity index (χ2n) is 3.00. The Morgan fingerprint density at radius 2 is 2.31 bits per heavy atom. The SMILES string of the molecule is Cl.c1cncc([C@@H]2CNCCN2)c1. The first-order valence-electron chi connectivity index (χ1n) is 4.31. The first kappa shape index (κ1) is 10.4. The molecule has 0 aliphatic carbocycles. The van der Waals surface area contributed by atoms with Crippen LogP contribution in [0.5, 0.6) is 0 Å². The first-order chi connectivity index (χ1) is 5.97. The first-order valence-corrected chi connectivity index (χ1v) is 4.31. The molecule has 0 aromatic carbocycles. The van der Waals surface area contributed by atoms with Crippen molar-refractivity contribution in [2.75, 3.05) is 19.6 Å². The van der Waals surface area contributed by atoms with Crippen LogP contribution in [-0.4, -0.2) is 24.6 Å². The lowest BCUT2D eigenvalue weighted by molar-refractivity contribution is 0.429. The fraction of sp³-hybridized carbons (Fsp3) is 0.444. The minimum atomic E-state index is 0. The van der Waals surface area contributed by atoms with Crippen molar-refractivity contribution in [1.82, 2.24) is 15.6 Å². The molecular weight excluding hydrogens is 186 g/mol. The number of hydrogen-bond donors (Lipinski definition) is 2. The van der Waals surface area contributed by atoms with E-state index in [1.807, 2.05) is 12.3 Å². The molecule has 2 N–H and O–H groups in total. The van der Waals surface area contributed by atoms with Crippen LogP contribution in [0.2, 0.25) is 0 Å². The lowest BCUT2D eigenvalue weighted by Gasteiger charge is -2.24. The van der Waals surface area contributed by atoms with Gasteiger partial charge >= 0.3 is 0 Å². The Labute approximate surface area is 84.4 Å². The summed E-state index contributed by atoms with van der Waals surface area (Å²) in [5.74, 6) is 0. The molecule has 1 aromatic heterocycles. The highest BCUT2D eigenvalue weighted by molar-refractivity contribution is 5.85. The summed E-state index contributed by atoms with van der Waals surface area (Å²) in [6, 6.07) is 4.52. The largest absolute Gasteiger partial charge is 0.314 e. The van der Waals surface area contributed by atoms with Crippen LogP contribution >= 0.6 is 12.4 Å². The Balaban J connectivity index is 0.000000845. The molecule has 1 atom stereocenters. The summed E-state index contributed by atoms with van der Waals surface area (Å²) >= 11 is 0. The maximum absolute atomic E-state index is 4.09. The van der Waals surface area contributed by atoms with Crippen molar-refractivity contribution >= 4 is 12.4 Å². The van der Waals surface area contributed by atoms with Gasteiger partial charge in [0.15, 0.2) is 0 Å². The van der Waals surface area contributed by atoms with Crippen molar-refractivity contribution in [3.8, 4) is 0 Å². The second kappa shape index (κ2) is 5.17. The predicted octanol–water partition coefficient (Wildman–Crippen LogP) is 0.737. The molecule has 1 aliphatic rings. The molecule has 13 heavy (non-hydrogen) atoms. The monoisotopic (exact) mass is 199 g/mol. The minimum Gasteiger partial charge on any atom is -0.314 e. The highest BCUT2D eigenvalue weighted by atomic mass is 35.5. The van der Waals surface area contributed by atoms with E-state index in [0.29, 0.717) is 6.04 Å². The van der Waals surface area contributed by atoms with Crippen molar-refractivity contribution in [2.45, 2.75) is 6.04 Å². The Morgan fingerprint density at radius 3 is 2.92 bits per heavy atom. The summed E-state index contributed by atoms with van der Waals surface area (Å²) in [7, 11) is 0. The van der Waals surface area contributed by atoms with Crippen molar-refractivity contribution in [3.63, 3.8) is 0 Å². The fourth-order valence-corrected chi connectivity index (χ4v) is 1.47. The Hall–Kier alpha value is -0.640. The van der Waals surface area contributed by atoms with E-state index in [1.54, 1.807) is 6.20 Å².